The van der Waals surface area contributed by atoms with Crippen molar-refractivity contribution in [3.63, 3.8) is 0 Å². The van der Waals surface area contributed by atoms with Gasteiger partial charge in [0.2, 0.25) is 0 Å². The highest BCUT2D eigenvalue weighted by atomic mass is 32.2. The van der Waals surface area contributed by atoms with Crippen LogP contribution in [0.5, 0.6) is 5.75 Å². The molecule has 2 rings (SSSR count). The smallest absolute Gasteiger partial charge is 0.189 e. The molecule has 0 unspecified atom stereocenters. The second-order valence-electron chi connectivity index (χ2n) is 5.29. The van der Waals surface area contributed by atoms with Crippen molar-refractivity contribution in [3.8, 4) is 5.75 Å². The summed E-state index contributed by atoms with van der Waals surface area (Å²) in [6.45, 7) is 6.92. The van der Waals surface area contributed by atoms with Crippen molar-refractivity contribution in [1.82, 2.24) is 9.97 Å². The van der Waals surface area contributed by atoms with Crippen LogP contribution in [0.25, 0.3) is 0 Å². The van der Waals surface area contributed by atoms with E-state index in [4.69, 9.17) is 10.5 Å². The summed E-state index contributed by atoms with van der Waals surface area (Å²) in [4.78, 5) is 8.71. The largest absolute Gasteiger partial charge is 0.494 e. The average Bonchev–Trinajstić information content (AvgIpc) is 2.45. The highest BCUT2D eigenvalue weighted by Crippen LogP contribution is 2.18. The first-order valence-electron chi connectivity index (χ1n) is 7.54. The number of thioether (sulfide) groups is 1. The van der Waals surface area contributed by atoms with E-state index < -0.39 is 0 Å². The average molecular weight is 317 g/mol. The first-order chi connectivity index (χ1) is 10.6. The molecule has 0 spiro atoms. The topological polar surface area (TPSA) is 61.0 Å². The third kappa shape index (κ3) is 5.22. The summed E-state index contributed by atoms with van der Waals surface area (Å²) < 4.78 is 5.80. The van der Waals surface area contributed by atoms with Crippen molar-refractivity contribution in [2.75, 3.05) is 18.1 Å². The SMILES string of the molecule is CCc1cc(N)nc(SCCCOc2cc(C)cc(C)c2)n1. The Morgan fingerprint density at radius 1 is 1.09 bits per heavy atom. The molecule has 1 aromatic carbocycles. The quantitative estimate of drug-likeness (QED) is 0.478. The Hall–Kier alpha value is -1.75. The molecule has 2 N–H and O–H groups in total. The van der Waals surface area contributed by atoms with Gasteiger partial charge in [-0.25, -0.2) is 9.97 Å². The number of nitrogens with two attached hydrogens (primary N) is 1. The van der Waals surface area contributed by atoms with Gasteiger partial charge < -0.3 is 10.5 Å². The molecule has 1 heterocycles. The van der Waals surface area contributed by atoms with Crippen molar-refractivity contribution >= 4 is 17.6 Å². The molecule has 22 heavy (non-hydrogen) atoms. The number of nitrogen functional groups attached to an aromatic ring is 1. The van der Waals surface area contributed by atoms with Crippen molar-refractivity contribution in [1.29, 1.82) is 0 Å². The first kappa shape index (κ1) is 16.6. The monoisotopic (exact) mass is 317 g/mol. The molecule has 0 fully saturated rings. The van der Waals surface area contributed by atoms with Crippen LogP contribution >= 0.6 is 11.8 Å². The van der Waals surface area contributed by atoms with E-state index in [9.17, 15) is 0 Å². The fraction of sp³-hybridized carbons (Fsp3) is 0.412. The van der Waals surface area contributed by atoms with Crippen LogP contribution in [0.2, 0.25) is 0 Å². The van der Waals surface area contributed by atoms with Crippen LogP contribution in [-0.4, -0.2) is 22.3 Å². The maximum atomic E-state index is 5.80. The van der Waals surface area contributed by atoms with Gasteiger partial charge in [0.25, 0.3) is 0 Å². The number of ether oxygens (including phenoxy) is 1. The second-order valence-corrected chi connectivity index (χ2v) is 6.36. The predicted molar refractivity (Wildman–Crippen MR) is 92.6 cm³/mol. The Kier molecular flexibility index (Phi) is 6.07. The molecule has 5 heteroatoms. The Morgan fingerprint density at radius 2 is 1.82 bits per heavy atom. The fourth-order valence-corrected chi connectivity index (χ4v) is 2.96. The Labute approximate surface area is 136 Å². The summed E-state index contributed by atoms with van der Waals surface area (Å²) in [6, 6.07) is 8.10. The molecule has 118 valence electrons. The molecule has 0 amide bonds. The van der Waals surface area contributed by atoms with E-state index in [0.29, 0.717) is 12.4 Å². The van der Waals surface area contributed by atoms with Crippen LogP contribution in [0, 0.1) is 13.8 Å². The van der Waals surface area contributed by atoms with Crippen LogP contribution in [0.1, 0.15) is 30.2 Å². The van der Waals surface area contributed by atoms with E-state index in [-0.39, 0.29) is 0 Å². The number of aromatic nitrogens is 2. The third-order valence-corrected chi connectivity index (χ3v) is 4.06. The molecule has 2 aromatic rings. The Morgan fingerprint density at radius 3 is 2.50 bits per heavy atom. The Bertz CT molecular complexity index is 611. The van der Waals surface area contributed by atoms with Gasteiger partial charge in [-0.3, -0.25) is 0 Å². The number of nitrogens with zero attached hydrogens (tertiary/aromatic N) is 2. The summed E-state index contributed by atoms with van der Waals surface area (Å²) in [6.07, 6.45) is 1.81. The minimum atomic E-state index is 0.542. The lowest BCUT2D eigenvalue weighted by molar-refractivity contribution is 0.318. The zero-order chi connectivity index (χ0) is 15.9. The summed E-state index contributed by atoms with van der Waals surface area (Å²) in [5, 5.41) is 0.753. The van der Waals surface area contributed by atoms with Gasteiger partial charge in [-0.1, -0.05) is 24.8 Å². The van der Waals surface area contributed by atoms with Crippen LogP contribution in [0.4, 0.5) is 5.82 Å². The second kappa shape index (κ2) is 8.03. The van der Waals surface area contributed by atoms with E-state index >= 15 is 0 Å². The minimum Gasteiger partial charge on any atom is -0.494 e. The van der Waals surface area contributed by atoms with Gasteiger partial charge in [0, 0.05) is 17.5 Å². The first-order valence-corrected chi connectivity index (χ1v) is 8.52. The highest BCUT2D eigenvalue weighted by Gasteiger charge is 2.03. The number of anilines is 1. The lowest BCUT2D eigenvalue weighted by Gasteiger charge is -2.08. The zero-order valence-corrected chi connectivity index (χ0v) is 14.2. The van der Waals surface area contributed by atoms with Crippen LogP contribution in [0.15, 0.2) is 29.4 Å². The van der Waals surface area contributed by atoms with Gasteiger partial charge >= 0.3 is 0 Å². The van der Waals surface area contributed by atoms with Gasteiger partial charge in [0.05, 0.1) is 6.61 Å². The van der Waals surface area contributed by atoms with Crippen LogP contribution < -0.4 is 10.5 Å². The number of hydrogen-bond acceptors (Lipinski definition) is 5. The summed E-state index contributed by atoms with van der Waals surface area (Å²) in [7, 11) is 0. The third-order valence-electron chi connectivity index (χ3n) is 3.12. The molecule has 0 saturated carbocycles. The molecule has 0 aliphatic carbocycles. The molecule has 4 nitrogen and oxygen atoms in total. The van der Waals surface area contributed by atoms with E-state index in [1.165, 1.54) is 11.1 Å². The van der Waals surface area contributed by atoms with E-state index in [1.54, 1.807) is 11.8 Å². The molecule has 0 saturated heterocycles. The fourth-order valence-electron chi connectivity index (χ4n) is 2.17. The minimum absolute atomic E-state index is 0.542. The maximum Gasteiger partial charge on any atom is 0.189 e. The molecular weight excluding hydrogens is 294 g/mol. The van der Waals surface area contributed by atoms with E-state index in [1.807, 2.05) is 6.07 Å². The summed E-state index contributed by atoms with van der Waals surface area (Å²) in [5.41, 5.74) is 9.22. The van der Waals surface area contributed by atoms with Gasteiger partial charge in [0.15, 0.2) is 5.16 Å². The molecular formula is C17H23N3OS. The van der Waals surface area contributed by atoms with Crippen LogP contribution in [0.3, 0.4) is 0 Å². The van der Waals surface area contributed by atoms with Crippen LogP contribution in [-0.2, 0) is 6.42 Å². The number of rotatable bonds is 7. The number of hydrogen-bond donors (Lipinski definition) is 1. The molecule has 0 aliphatic rings. The molecule has 0 atom stereocenters. The van der Waals surface area contributed by atoms with Crippen molar-refractivity contribution < 1.29 is 4.74 Å². The van der Waals surface area contributed by atoms with Gasteiger partial charge in [-0.05, 0) is 49.9 Å². The molecule has 0 aliphatic heterocycles. The van der Waals surface area contributed by atoms with Gasteiger partial charge in [-0.15, -0.1) is 0 Å². The van der Waals surface area contributed by atoms with Crippen molar-refractivity contribution in [2.45, 2.75) is 38.8 Å². The normalized spacial score (nSPS) is 10.7. The standard InChI is InChI=1S/C17H23N3OS/c1-4-14-11-16(18)20-17(19-14)22-7-5-6-21-15-9-12(2)8-13(3)10-15/h8-11H,4-7H2,1-3H3,(H2,18,19,20). The predicted octanol–water partition coefficient (Wildman–Crippen LogP) is 3.80. The lowest BCUT2D eigenvalue weighted by atomic mass is 10.1. The van der Waals surface area contributed by atoms with E-state index in [0.717, 1.165) is 35.2 Å². The van der Waals surface area contributed by atoms with Crippen molar-refractivity contribution in [2.24, 2.45) is 0 Å². The van der Waals surface area contributed by atoms with E-state index in [2.05, 4.69) is 48.9 Å². The summed E-state index contributed by atoms with van der Waals surface area (Å²) in [5.74, 6) is 2.40. The molecule has 0 radical (unpaired) electrons. The number of aryl methyl sites for hydroxylation is 3. The highest BCUT2D eigenvalue weighted by molar-refractivity contribution is 7.99. The van der Waals surface area contributed by atoms with Gasteiger partial charge in [-0.2, -0.15) is 0 Å². The number of benzene rings is 1. The van der Waals surface area contributed by atoms with Gasteiger partial charge in [0.1, 0.15) is 11.6 Å². The lowest BCUT2D eigenvalue weighted by Crippen LogP contribution is -2.01. The molecule has 0 bridgehead atoms. The zero-order valence-electron chi connectivity index (χ0n) is 13.4. The maximum absolute atomic E-state index is 5.80. The Balaban J connectivity index is 1.76. The van der Waals surface area contributed by atoms with Crippen molar-refractivity contribution in [3.05, 3.63) is 41.1 Å². The molecule has 1 aromatic heterocycles. The summed E-state index contributed by atoms with van der Waals surface area (Å²) >= 11 is 1.62.